The number of likely N-dealkylation sites (tertiary alicyclic amines) is 1. The molecule has 0 unspecified atom stereocenters. The van der Waals surface area contributed by atoms with Gasteiger partial charge in [0.1, 0.15) is 5.82 Å². The molecular formula is C21H20FN3O2. The van der Waals surface area contributed by atoms with Crippen LogP contribution in [-0.4, -0.2) is 33.5 Å². The predicted molar refractivity (Wildman–Crippen MR) is 99.5 cm³/mol. The van der Waals surface area contributed by atoms with E-state index in [1.165, 1.54) is 12.1 Å². The van der Waals surface area contributed by atoms with Crippen molar-refractivity contribution in [1.82, 2.24) is 15.0 Å². The third kappa shape index (κ3) is 3.47. The molecule has 1 fully saturated rings. The van der Waals surface area contributed by atoms with Crippen LogP contribution in [0.15, 0.2) is 53.1 Å². The highest BCUT2D eigenvalue weighted by Crippen LogP contribution is 2.28. The number of halogens is 1. The second-order valence-corrected chi connectivity index (χ2v) is 6.82. The second-order valence-electron chi connectivity index (χ2n) is 6.82. The van der Waals surface area contributed by atoms with E-state index < -0.39 is 0 Å². The van der Waals surface area contributed by atoms with E-state index in [2.05, 4.69) is 17.1 Å². The minimum Gasteiger partial charge on any atom is -0.336 e. The number of benzene rings is 2. The third-order valence-electron chi connectivity index (χ3n) is 4.98. The Kier molecular flexibility index (Phi) is 4.71. The van der Waals surface area contributed by atoms with Gasteiger partial charge >= 0.3 is 0 Å². The number of hydrogen-bond acceptors (Lipinski definition) is 4. The van der Waals surface area contributed by atoms with E-state index in [9.17, 15) is 9.18 Å². The summed E-state index contributed by atoms with van der Waals surface area (Å²) in [6.07, 6.45) is 3.19. The summed E-state index contributed by atoms with van der Waals surface area (Å²) in [5.41, 5.74) is 1.82. The van der Waals surface area contributed by atoms with Crippen molar-refractivity contribution >= 4 is 5.91 Å². The Morgan fingerprint density at radius 3 is 2.70 bits per heavy atom. The molecule has 1 amide bonds. The minimum absolute atomic E-state index is 0.0145. The Morgan fingerprint density at radius 2 is 1.93 bits per heavy atom. The lowest BCUT2D eigenvalue weighted by atomic mass is 10.00. The zero-order chi connectivity index (χ0) is 18.8. The summed E-state index contributed by atoms with van der Waals surface area (Å²) in [5, 5.41) is 3.99. The number of aromatic nitrogens is 2. The maximum Gasteiger partial charge on any atom is 0.259 e. The van der Waals surface area contributed by atoms with E-state index in [1.807, 2.05) is 23.1 Å². The quantitative estimate of drug-likeness (QED) is 0.683. The molecule has 1 saturated heterocycles. The fraction of sp³-hybridized carbons (Fsp3) is 0.286. The van der Waals surface area contributed by atoms with E-state index >= 15 is 0 Å². The van der Waals surface area contributed by atoms with Crippen molar-refractivity contribution in [1.29, 1.82) is 0 Å². The van der Waals surface area contributed by atoms with Gasteiger partial charge in [-0.15, -0.1) is 0 Å². The van der Waals surface area contributed by atoms with E-state index in [0.29, 0.717) is 22.5 Å². The molecule has 2 aromatic carbocycles. The van der Waals surface area contributed by atoms with Crippen LogP contribution in [0.1, 0.15) is 36.5 Å². The molecule has 2 heterocycles. The number of rotatable bonds is 3. The van der Waals surface area contributed by atoms with Crippen molar-refractivity contribution in [2.75, 3.05) is 6.54 Å². The normalized spacial score (nSPS) is 17.1. The first kappa shape index (κ1) is 17.4. The van der Waals surface area contributed by atoms with Gasteiger partial charge in [0, 0.05) is 18.2 Å². The highest BCUT2D eigenvalue weighted by molar-refractivity contribution is 6.00. The number of hydrogen-bond donors (Lipinski definition) is 0. The van der Waals surface area contributed by atoms with Gasteiger partial charge in [-0.05, 0) is 62.6 Å². The van der Waals surface area contributed by atoms with Gasteiger partial charge in [0.2, 0.25) is 5.82 Å². The van der Waals surface area contributed by atoms with Gasteiger partial charge in [-0.3, -0.25) is 4.79 Å². The van der Waals surface area contributed by atoms with Gasteiger partial charge in [-0.2, -0.15) is 4.98 Å². The fourth-order valence-corrected chi connectivity index (χ4v) is 3.46. The SMILES string of the molecule is C[C@H]1CCCCN1C(=O)c1ccccc1-c1nc(-c2ccc(F)cc2)no1. The van der Waals surface area contributed by atoms with Crippen LogP contribution in [0.3, 0.4) is 0 Å². The van der Waals surface area contributed by atoms with Crippen molar-refractivity contribution in [2.45, 2.75) is 32.2 Å². The Bertz CT molecular complexity index is 952. The molecule has 0 saturated carbocycles. The first-order valence-electron chi connectivity index (χ1n) is 9.13. The fourth-order valence-electron chi connectivity index (χ4n) is 3.46. The van der Waals surface area contributed by atoms with Crippen LogP contribution in [0, 0.1) is 5.82 Å². The minimum atomic E-state index is -0.325. The van der Waals surface area contributed by atoms with Gasteiger partial charge in [-0.1, -0.05) is 17.3 Å². The highest BCUT2D eigenvalue weighted by Gasteiger charge is 2.27. The maximum absolute atomic E-state index is 13.1. The Labute approximate surface area is 156 Å². The van der Waals surface area contributed by atoms with E-state index in [0.717, 1.165) is 25.8 Å². The van der Waals surface area contributed by atoms with Crippen LogP contribution in [0.5, 0.6) is 0 Å². The summed E-state index contributed by atoms with van der Waals surface area (Å²) in [5.74, 6) is 0.301. The van der Waals surface area contributed by atoms with Crippen LogP contribution >= 0.6 is 0 Å². The topological polar surface area (TPSA) is 59.2 Å². The lowest BCUT2D eigenvalue weighted by Gasteiger charge is -2.33. The summed E-state index contributed by atoms with van der Waals surface area (Å²) in [4.78, 5) is 19.4. The zero-order valence-corrected chi connectivity index (χ0v) is 15.1. The average Bonchev–Trinajstić information content (AvgIpc) is 3.18. The smallest absolute Gasteiger partial charge is 0.259 e. The molecule has 1 aliphatic heterocycles. The predicted octanol–water partition coefficient (Wildman–Crippen LogP) is 4.56. The number of piperidine rings is 1. The lowest BCUT2D eigenvalue weighted by molar-refractivity contribution is 0.0636. The molecule has 0 radical (unpaired) electrons. The first-order chi connectivity index (χ1) is 13.1. The number of amides is 1. The number of carbonyl (C=O) groups excluding carboxylic acids is 1. The molecule has 4 rings (SSSR count). The molecular weight excluding hydrogens is 345 g/mol. The number of carbonyl (C=O) groups is 1. The molecule has 5 nitrogen and oxygen atoms in total. The summed E-state index contributed by atoms with van der Waals surface area (Å²) in [7, 11) is 0. The Morgan fingerprint density at radius 1 is 1.15 bits per heavy atom. The van der Waals surface area contributed by atoms with Crippen LogP contribution in [0.25, 0.3) is 22.8 Å². The van der Waals surface area contributed by atoms with Gasteiger partial charge in [0.05, 0.1) is 11.1 Å². The van der Waals surface area contributed by atoms with Crippen LogP contribution in [-0.2, 0) is 0 Å². The van der Waals surface area contributed by atoms with Crippen LogP contribution < -0.4 is 0 Å². The summed E-state index contributed by atoms with van der Waals surface area (Å²) in [6.45, 7) is 2.85. The number of nitrogens with zero attached hydrogens (tertiary/aromatic N) is 3. The van der Waals surface area contributed by atoms with Crippen LogP contribution in [0.2, 0.25) is 0 Å². The van der Waals surface area contributed by atoms with Crippen molar-refractivity contribution < 1.29 is 13.7 Å². The molecule has 6 heteroatoms. The van der Waals surface area contributed by atoms with Crippen molar-refractivity contribution in [3.05, 3.63) is 59.9 Å². The third-order valence-corrected chi connectivity index (χ3v) is 4.98. The zero-order valence-electron chi connectivity index (χ0n) is 15.1. The summed E-state index contributed by atoms with van der Waals surface area (Å²) in [6, 6.07) is 13.4. The highest BCUT2D eigenvalue weighted by atomic mass is 19.1. The molecule has 138 valence electrons. The van der Waals surface area contributed by atoms with E-state index in [4.69, 9.17) is 4.52 Å². The Hall–Kier alpha value is -3.02. The monoisotopic (exact) mass is 365 g/mol. The molecule has 1 atom stereocenters. The Balaban J connectivity index is 1.67. The largest absolute Gasteiger partial charge is 0.336 e. The second kappa shape index (κ2) is 7.31. The van der Waals surface area contributed by atoms with E-state index in [1.54, 1.807) is 18.2 Å². The van der Waals surface area contributed by atoms with Crippen molar-refractivity contribution in [3.63, 3.8) is 0 Å². The van der Waals surface area contributed by atoms with Gasteiger partial charge in [-0.25, -0.2) is 4.39 Å². The van der Waals surface area contributed by atoms with Crippen molar-refractivity contribution in [3.8, 4) is 22.8 Å². The van der Waals surface area contributed by atoms with Gasteiger partial charge < -0.3 is 9.42 Å². The molecule has 1 aromatic heterocycles. The molecule has 0 spiro atoms. The maximum atomic E-state index is 13.1. The van der Waals surface area contributed by atoms with Gasteiger partial charge in [0.25, 0.3) is 11.8 Å². The standard InChI is InChI=1S/C21H20FN3O2/c1-14-6-4-5-13-25(14)21(26)18-8-3-2-7-17(18)20-23-19(24-27-20)15-9-11-16(22)12-10-15/h2-3,7-12,14H,4-6,13H2,1H3/t14-/m0/s1. The molecule has 0 N–H and O–H groups in total. The van der Waals surface area contributed by atoms with Crippen molar-refractivity contribution in [2.24, 2.45) is 0 Å². The molecule has 0 bridgehead atoms. The van der Waals surface area contributed by atoms with E-state index in [-0.39, 0.29) is 23.7 Å². The van der Waals surface area contributed by atoms with Crippen LogP contribution in [0.4, 0.5) is 4.39 Å². The molecule has 0 aliphatic carbocycles. The molecule has 27 heavy (non-hydrogen) atoms. The summed E-state index contributed by atoms with van der Waals surface area (Å²) >= 11 is 0. The lowest BCUT2D eigenvalue weighted by Crippen LogP contribution is -2.42. The van der Waals surface area contributed by atoms with Gasteiger partial charge in [0.15, 0.2) is 0 Å². The molecule has 1 aliphatic rings. The molecule has 3 aromatic rings. The first-order valence-corrected chi connectivity index (χ1v) is 9.13. The average molecular weight is 365 g/mol. The summed E-state index contributed by atoms with van der Waals surface area (Å²) < 4.78 is 18.5.